The fourth-order valence-corrected chi connectivity index (χ4v) is 9.36. The van der Waals surface area contributed by atoms with Crippen LogP contribution in [-0.2, 0) is 19.1 Å². The summed E-state index contributed by atoms with van der Waals surface area (Å²) in [5, 5.41) is 26.9. The molecule has 2 saturated heterocycles. The topological polar surface area (TPSA) is 186 Å². The highest BCUT2D eigenvalue weighted by molar-refractivity contribution is 7.99. The molecule has 16 nitrogen and oxygen atoms in total. The number of amides is 4. The van der Waals surface area contributed by atoms with Crippen LogP contribution in [-0.4, -0.2) is 119 Å². The molecule has 2 aliphatic heterocycles. The number of hydrogen-bond acceptors (Lipinski definition) is 11. The highest BCUT2D eigenvalue weighted by atomic mass is 32.2. The first-order valence-corrected chi connectivity index (χ1v) is 23.2. The third-order valence-corrected chi connectivity index (χ3v) is 12.8. The molecule has 4 amide bonds. The van der Waals surface area contributed by atoms with E-state index in [2.05, 4.69) is 0 Å². The van der Waals surface area contributed by atoms with E-state index in [1.165, 1.54) is 12.2 Å². The summed E-state index contributed by atoms with van der Waals surface area (Å²) in [6.07, 6.45) is 4.98. The van der Waals surface area contributed by atoms with Crippen LogP contribution in [0.1, 0.15) is 75.6 Å². The molecule has 0 aliphatic carbocycles. The molecular weight excluding hydrogens is 877 g/mol. The Bertz CT molecular complexity index is 2400. The Morgan fingerprint density at radius 3 is 1.24 bits per heavy atom. The lowest BCUT2D eigenvalue weighted by atomic mass is 9.89. The van der Waals surface area contributed by atoms with Crippen molar-refractivity contribution in [3.63, 3.8) is 0 Å². The maximum atomic E-state index is 13.5. The molecule has 2 heterocycles. The zero-order valence-corrected chi connectivity index (χ0v) is 39.5. The second-order valence-corrected chi connectivity index (χ2v) is 17.6. The summed E-state index contributed by atoms with van der Waals surface area (Å²) in [7, 11) is 0. The minimum atomic E-state index is -0.487. The normalized spacial score (nSPS) is 14.3. The second kappa shape index (κ2) is 22.5. The van der Waals surface area contributed by atoms with Crippen molar-refractivity contribution < 1.29 is 38.5 Å². The van der Waals surface area contributed by atoms with Gasteiger partial charge < -0.3 is 29.1 Å². The monoisotopic (exact) mass is 932 g/mol. The molecule has 0 atom stereocenters. The summed E-state index contributed by atoms with van der Waals surface area (Å²) >= 11 is 0.900. The predicted molar refractivity (Wildman–Crippen MR) is 258 cm³/mol. The van der Waals surface area contributed by atoms with E-state index in [1.54, 1.807) is 94.1 Å². The van der Waals surface area contributed by atoms with E-state index in [0.717, 1.165) is 22.9 Å². The van der Waals surface area contributed by atoms with E-state index in [1.807, 2.05) is 52.0 Å². The number of nitrogens with zero attached hydrogens (tertiary/aromatic N) is 6. The van der Waals surface area contributed by atoms with E-state index in [-0.39, 0.29) is 95.3 Å². The molecule has 0 radical (unpaired) electrons. The van der Waals surface area contributed by atoms with Crippen molar-refractivity contribution in [1.82, 2.24) is 19.6 Å². The summed E-state index contributed by atoms with van der Waals surface area (Å²) in [5.74, 6) is -0.754. The lowest BCUT2D eigenvalue weighted by molar-refractivity contribution is -0.387. The van der Waals surface area contributed by atoms with Crippen molar-refractivity contribution in [3.8, 4) is 22.3 Å². The third kappa shape index (κ3) is 11.5. The molecule has 0 aromatic heterocycles. The molecule has 4 aromatic rings. The summed E-state index contributed by atoms with van der Waals surface area (Å²) < 4.78 is 10.2. The van der Waals surface area contributed by atoms with Crippen LogP contribution >= 0.6 is 11.8 Å². The summed E-state index contributed by atoms with van der Waals surface area (Å²) in [4.78, 5) is 84.1. The summed E-state index contributed by atoms with van der Waals surface area (Å²) in [6.45, 7) is 14.2. The maximum absolute atomic E-state index is 13.5. The minimum absolute atomic E-state index is 0.0485. The van der Waals surface area contributed by atoms with E-state index >= 15 is 0 Å². The standard InChI is InChI=1S/C50H56N6O10S/c1-7-65-49(59)53-29-25-51(26-30-53)43(57)23-19-35-17-21-41(47(55(61)62)45(35)39-15-11-9-13-37(39)33(3)4)67-42-22-18-36(20-24-44(58)52-27-31-54(32-28-52)50(60)66-8-2)46(48(42)56(63)64)40-16-12-10-14-38(40)34(5)6/h9-24,33-34H,7-8,25-32H2,1-6H3. The highest BCUT2D eigenvalue weighted by Crippen LogP contribution is 2.50. The molecule has 2 fully saturated rings. The first-order valence-electron chi connectivity index (χ1n) is 22.4. The van der Waals surface area contributed by atoms with Crippen LogP contribution < -0.4 is 0 Å². The molecule has 67 heavy (non-hydrogen) atoms. The number of piperazine rings is 2. The minimum Gasteiger partial charge on any atom is -0.450 e. The number of hydrogen-bond donors (Lipinski definition) is 0. The van der Waals surface area contributed by atoms with E-state index in [0.29, 0.717) is 48.4 Å². The zero-order chi connectivity index (χ0) is 48.4. The van der Waals surface area contributed by atoms with Gasteiger partial charge in [-0.15, -0.1) is 0 Å². The van der Waals surface area contributed by atoms with Gasteiger partial charge in [0, 0.05) is 64.5 Å². The second-order valence-electron chi connectivity index (χ2n) is 16.5. The first kappa shape index (κ1) is 49.4. The van der Waals surface area contributed by atoms with E-state index in [4.69, 9.17) is 9.47 Å². The largest absolute Gasteiger partial charge is 0.450 e. The fourth-order valence-electron chi connectivity index (χ4n) is 8.30. The maximum Gasteiger partial charge on any atom is 0.409 e. The number of carbonyl (C=O) groups is 4. The smallest absolute Gasteiger partial charge is 0.409 e. The Kier molecular flexibility index (Phi) is 16.6. The van der Waals surface area contributed by atoms with Crippen molar-refractivity contribution in [2.45, 2.75) is 63.2 Å². The lowest BCUT2D eigenvalue weighted by Gasteiger charge is -2.33. The van der Waals surface area contributed by atoms with Crippen LogP contribution in [0.25, 0.3) is 34.4 Å². The fraction of sp³-hybridized carbons (Fsp3) is 0.360. The van der Waals surface area contributed by atoms with Crippen LogP contribution in [0.2, 0.25) is 0 Å². The number of nitro groups is 2. The summed E-state index contributed by atoms with van der Waals surface area (Å²) in [5.41, 5.74) is 3.55. The Morgan fingerprint density at radius 1 is 0.567 bits per heavy atom. The van der Waals surface area contributed by atoms with Crippen molar-refractivity contribution in [3.05, 3.63) is 127 Å². The van der Waals surface area contributed by atoms with Crippen LogP contribution in [0, 0.1) is 20.2 Å². The summed E-state index contributed by atoms with van der Waals surface area (Å²) in [6, 6.07) is 21.1. The van der Waals surface area contributed by atoms with Gasteiger partial charge in [-0.2, -0.15) is 0 Å². The van der Waals surface area contributed by atoms with Crippen LogP contribution in [0.15, 0.2) is 94.7 Å². The molecular formula is C50H56N6O10S. The third-order valence-electron chi connectivity index (χ3n) is 11.7. The van der Waals surface area contributed by atoms with E-state index in [9.17, 15) is 39.4 Å². The van der Waals surface area contributed by atoms with Crippen molar-refractivity contribution >= 4 is 59.3 Å². The predicted octanol–water partition coefficient (Wildman–Crippen LogP) is 9.86. The Morgan fingerprint density at radius 2 is 0.910 bits per heavy atom. The molecule has 0 saturated carbocycles. The molecule has 0 unspecified atom stereocenters. The van der Waals surface area contributed by atoms with Gasteiger partial charge in [0.05, 0.1) is 44.0 Å². The van der Waals surface area contributed by atoms with Crippen LogP contribution in [0.4, 0.5) is 21.0 Å². The van der Waals surface area contributed by atoms with Gasteiger partial charge in [-0.3, -0.25) is 29.8 Å². The average molecular weight is 933 g/mol. The van der Waals surface area contributed by atoms with Gasteiger partial charge in [0.2, 0.25) is 11.8 Å². The quantitative estimate of drug-likeness (QED) is 0.0666. The molecule has 2 aliphatic rings. The van der Waals surface area contributed by atoms with Gasteiger partial charge in [-0.1, -0.05) is 100 Å². The number of benzene rings is 4. The van der Waals surface area contributed by atoms with Gasteiger partial charge in [0.1, 0.15) is 0 Å². The van der Waals surface area contributed by atoms with Crippen molar-refractivity contribution in [2.75, 3.05) is 65.6 Å². The number of ether oxygens (including phenoxy) is 2. The van der Waals surface area contributed by atoms with Crippen LogP contribution in [0.3, 0.4) is 0 Å². The lowest BCUT2D eigenvalue weighted by Crippen LogP contribution is -2.50. The molecule has 0 bridgehead atoms. The van der Waals surface area contributed by atoms with Gasteiger partial charge in [0.15, 0.2) is 0 Å². The Hall–Kier alpha value is -7.01. The van der Waals surface area contributed by atoms with Gasteiger partial charge >= 0.3 is 12.2 Å². The molecule has 6 rings (SSSR count). The molecule has 4 aromatic carbocycles. The molecule has 0 N–H and O–H groups in total. The number of rotatable bonds is 14. The van der Waals surface area contributed by atoms with E-state index < -0.39 is 22.0 Å². The van der Waals surface area contributed by atoms with Crippen molar-refractivity contribution in [1.29, 1.82) is 0 Å². The number of nitro benzene ring substituents is 2. The van der Waals surface area contributed by atoms with Gasteiger partial charge in [-0.05, 0) is 83.3 Å². The average Bonchev–Trinajstić information content (AvgIpc) is 3.32. The Balaban J connectivity index is 1.43. The molecule has 0 spiro atoms. The zero-order valence-electron chi connectivity index (χ0n) is 38.6. The van der Waals surface area contributed by atoms with Crippen molar-refractivity contribution in [2.24, 2.45) is 0 Å². The van der Waals surface area contributed by atoms with Gasteiger partial charge in [0.25, 0.3) is 11.4 Å². The van der Waals surface area contributed by atoms with Gasteiger partial charge in [-0.25, -0.2) is 9.59 Å². The highest BCUT2D eigenvalue weighted by Gasteiger charge is 2.32. The molecule has 17 heteroatoms. The Labute approximate surface area is 394 Å². The van der Waals surface area contributed by atoms with Crippen LogP contribution in [0.5, 0.6) is 0 Å². The number of carbonyl (C=O) groups excluding carboxylic acids is 4. The first-order chi connectivity index (χ1) is 32.1. The molecule has 352 valence electrons. The SMILES string of the molecule is CCOC(=O)N1CCN(C(=O)C=Cc2ccc(Sc3ccc(C=CC(=O)N4CCN(C(=O)OCC)CC4)c(-c4ccccc4C(C)C)c3[N+](=O)[O-])c([N+](=O)[O-])c2-c2ccccc2C(C)C)CC1.